The number of aromatic nitrogens is 4. The normalized spacial score (nSPS) is 18.5. The standard InChI is InChI=1S/C21H25N5O2S/c1-27-21(6-10-28-11-7-21)13-24-19-17-14-4-2-3-5-16(14)29-20(17)26-18(25-19)15-12-22-8-9-23-15/h8-9,12H,2-7,10-11,13H2,1H3,(H,24,25,26). The highest BCUT2D eigenvalue weighted by Crippen LogP contribution is 2.39. The van der Waals surface area contributed by atoms with Crippen molar-refractivity contribution in [1.82, 2.24) is 19.9 Å². The number of hydrogen-bond acceptors (Lipinski definition) is 8. The summed E-state index contributed by atoms with van der Waals surface area (Å²) >= 11 is 1.80. The monoisotopic (exact) mass is 411 g/mol. The molecule has 0 aromatic carbocycles. The van der Waals surface area contributed by atoms with Crippen molar-refractivity contribution < 1.29 is 9.47 Å². The first-order valence-corrected chi connectivity index (χ1v) is 11.1. The fraction of sp³-hybridized carbons (Fsp3) is 0.524. The van der Waals surface area contributed by atoms with E-state index in [0.29, 0.717) is 18.1 Å². The van der Waals surface area contributed by atoms with E-state index in [1.807, 2.05) is 0 Å². The van der Waals surface area contributed by atoms with Crippen molar-refractivity contribution in [1.29, 1.82) is 0 Å². The smallest absolute Gasteiger partial charge is 0.183 e. The Kier molecular flexibility index (Phi) is 5.15. The Bertz CT molecular complexity index is 1000. The van der Waals surface area contributed by atoms with Gasteiger partial charge in [0.1, 0.15) is 16.3 Å². The number of nitrogens with zero attached hydrogens (tertiary/aromatic N) is 4. The van der Waals surface area contributed by atoms with E-state index in [4.69, 9.17) is 19.4 Å². The summed E-state index contributed by atoms with van der Waals surface area (Å²) in [7, 11) is 1.79. The van der Waals surface area contributed by atoms with E-state index in [9.17, 15) is 0 Å². The maximum atomic E-state index is 5.92. The van der Waals surface area contributed by atoms with Crippen LogP contribution in [0.4, 0.5) is 5.82 Å². The van der Waals surface area contributed by atoms with Crippen LogP contribution in [0.2, 0.25) is 0 Å². The van der Waals surface area contributed by atoms with Crippen LogP contribution in [-0.2, 0) is 22.3 Å². The molecule has 0 saturated carbocycles. The summed E-state index contributed by atoms with van der Waals surface area (Å²) in [6.07, 6.45) is 11.5. The number of hydrogen-bond donors (Lipinski definition) is 1. The van der Waals surface area contributed by atoms with Crippen LogP contribution in [0.3, 0.4) is 0 Å². The lowest BCUT2D eigenvalue weighted by Gasteiger charge is -2.36. The molecular weight excluding hydrogens is 386 g/mol. The first kappa shape index (κ1) is 18.8. The number of aryl methyl sites for hydroxylation is 2. The predicted molar refractivity (Wildman–Crippen MR) is 113 cm³/mol. The van der Waals surface area contributed by atoms with Gasteiger partial charge in [0, 0.05) is 57.0 Å². The number of methoxy groups -OCH3 is 1. The molecule has 1 fully saturated rings. The van der Waals surface area contributed by atoms with E-state index in [-0.39, 0.29) is 5.60 Å². The van der Waals surface area contributed by atoms with Gasteiger partial charge in [0.25, 0.3) is 0 Å². The van der Waals surface area contributed by atoms with Crippen molar-refractivity contribution in [2.24, 2.45) is 0 Å². The fourth-order valence-corrected chi connectivity index (χ4v) is 5.52. The van der Waals surface area contributed by atoms with Crippen molar-refractivity contribution in [2.45, 2.75) is 44.1 Å². The molecule has 3 aromatic heterocycles. The van der Waals surface area contributed by atoms with Gasteiger partial charge in [-0.25, -0.2) is 15.0 Å². The van der Waals surface area contributed by atoms with E-state index >= 15 is 0 Å². The summed E-state index contributed by atoms with van der Waals surface area (Å²) in [5.74, 6) is 1.50. The minimum absolute atomic E-state index is 0.224. The molecule has 7 nitrogen and oxygen atoms in total. The molecule has 1 aliphatic heterocycles. The Hall–Kier alpha value is -2.16. The first-order valence-electron chi connectivity index (χ1n) is 10.2. The molecule has 0 amide bonds. The summed E-state index contributed by atoms with van der Waals surface area (Å²) in [4.78, 5) is 20.8. The maximum Gasteiger partial charge on any atom is 0.183 e. The van der Waals surface area contributed by atoms with E-state index < -0.39 is 0 Å². The zero-order chi connectivity index (χ0) is 19.7. The molecule has 1 saturated heterocycles. The Morgan fingerprint density at radius 2 is 2.03 bits per heavy atom. The van der Waals surface area contributed by atoms with E-state index in [0.717, 1.165) is 49.5 Å². The lowest BCUT2D eigenvalue weighted by Crippen LogP contribution is -2.44. The predicted octanol–water partition coefficient (Wildman–Crippen LogP) is 3.63. The molecule has 1 aliphatic carbocycles. The van der Waals surface area contributed by atoms with Crippen LogP contribution in [0.25, 0.3) is 21.7 Å². The molecule has 4 heterocycles. The minimum Gasteiger partial charge on any atom is -0.381 e. The largest absolute Gasteiger partial charge is 0.381 e. The minimum atomic E-state index is -0.224. The highest BCUT2D eigenvalue weighted by Gasteiger charge is 2.33. The highest BCUT2D eigenvalue weighted by atomic mass is 32.1. The second kappa shape index (κ2) is 7.93. The van der Waals surface area contributed by atoms with E-state index in [1.54, 1.807) is 37.0 Å². The Morgan fingerprint density at radius 3 is 2.83 bits per heavy atom. The number of thiophene rings is 1. The van der Waals surface area contributed by atoms with Gasteiger partial charge in [-0.3, -0.25) is 4.98 Å². The molecule has 8 heteroatoms. The SMILES string of the molecule is COC1(CNc2nc(-c3cnccn3)nc3sc4c(c23)CCCC4)CCOCC1. The summed E-state index contributed by atoms with van der Waals surface area (Å²) in [6, 6.07) is 0. The lowest BCUT2D eigenvalue weighted by molar-refractivity contribution is -0.0807. The third-order valence-electron chi connectivity index (χ3n) is 6.02. The molecule has 0 bridgehead atoms. The third-order valence-corrected chi connectivity index (χ3v) is 7.21. The molecular formula is C21H25N5O2S. The second-order valence-electron chi connectivity index (χ2n) is 7.73. The number of nitrogens with one attached hydrogen (secondary N) is 1. The maximum absolute atomic E-state index is 5.92. The number of fused-ring (bicyclic) bond motifs is 3. The number of rotatable bonds is 5. The Labute approximate surface area is 173 Å². The van der Waals surface area contributed by atoms with Crippen molar-refractivity contribution in [2.75, 3.05) is 32.2 Å². The van der Waals surface area contributed by atoms with Gasteiger partial charge in [-0.1, -0.05) is 0 Å². The highest BCUT2D eigenvalue weighted by molar-refractivity contribution is 7.19. The molecule has 0 atom stereocenters. The third kappa shape index (κ3) is 3.60. The average Bonchev–Trinajstić information content (AvgIpc) is 3.17. The summed E-state index contributed by atoms with van der Waals surface area (Å²) < 4.78 is 11.5. The van der Waals surface area contributed by atoms with Crippen LogP contribution in [0, 0.1) is 0 Å². The van der Waals surface area contributed by atoms with Gasteiger partial charge in [0.15, 0.2) is 5.82 Å². The molecule has 3 aromatic rings. The topological polar surface area (TPSA) is 82.0 Å². The fourth-order valence-electron chi connectivity index (χ4n) is 4.26. The zero-order valence-corrected chi connectivity index (χ0v) is 17.4. The average molecular weight is 412 g/mol. The van der Waals surface area contributed by atoms with Crippen LogP contribution >= 0.6 is 11.3 Å². The van der Waals surface area contributed by atoms with Crippen LogP contribution < -0.4 is 5.32 Å². The Morgan fingerprint density at radius 1 is 1.17 bits per heavy atom. The molecule has 2 aliphatic rings. The number of anilines is 1. The van der Waals surface area contributed by atoms with E-state index in [2.05, 4.69) is 15.3 Å². The molecule has 1 N–H and O–H groups in total. The van der Waals surface area contributed by atoms with Crippen molar-refractivity contribution in [3.8, 4) is 11.5 Å². The second-order valence-corrected chi connectivity index (χ2v) is 8.81. The molecule has 29 heavy (non-hydrogen) atoms. The van der Waals surface area contributed by atoms with Crippen molar-refractivity contribution in [3.05, 3.63) is 29.0 Å². The van der Waals surface area contributed by atoms with Crippen LogP contribution in [-0.4, -0.2) is 52.4 Å². The molecule has 0 unspecified atom stereocenters. The zero-order valence-electron chi connectivity index (χ0n) is 16.6. The molecule has 0 spiro atoms. The molecule has 5 rings (SSSR count). The summed E-state index contributed by atoms with van der Waals surface area (Å²) in [5, 5.41) is 4.80. The van der Waals surface area contributed by atoms with Crippen LogP contribution in [0.1, 0.15) is 36.1 Å². The van der Waals surface area contributed by atoms with Crippen LogP contribution in [0.15, 0.2) is 18.6 Å². The quantitative estimate of drug-likeness (QED) is 0.686. The van der Waals surface area contributed by atoms with Gasteiger partial charge in [0.2, 0.25) is 0 Å². The van der Waals surface area contributed by atoms with Gasteiger partial charge in [0.05, 0.1) is 17.2 Å². The molecule has 152 valence electrons. The van der Waals surface area contributed by atoms with Gasteiger partial charge in [-0.15, -0.1) is 11.3 Å². The lowest BCUT2D eigenvalue weighted by atomic mass is 9.93. The molecule has 0 radical (unpaired) electrons. The van der Waals surface area contributed by atoms with Gasteiger partial charge >= 0.3 is 0 Å². The van der Waals surface area contributed by atoms with Gasteiger partial charge < -0.3 is 14.8 Å². The summed E-state index contributed by atoms with van der Waals surface area (Å²) in [6.45, 7) is 2.16. The van der Waals surface area contributed by atoms with E-state index in [1.165, 1.54) is 28.7 Å². The summed E-state index contributed by atoms with van der Waals surface area (Å²) in [5.41, 5.74) is 1.89. The van der Waals surface area contributed by atoms with Gasteiger partial charge in [-0.2, -0.15) is 0 Å². The van der Waals surface area contributed by atoms with Crippen molar-refractivity contribution in [3.63, 3.8) is 0 Å². The van der Waals surface area contributed by atoms with Crippen molar-refractivity contribution >= 4 is 27.4 Å². The van der Waals surface area contributed by atoms with Crippen LogP contribution in [0.5, 0.6) is 0 Å². The van der Waals surface area contributed by atoms with Gasteiger partial charge in [-0.05, 0) is 31.2 Å². The number of ether oxygens (including phenoxy) is 2. The first-order chi connectivity index (χ1) is 14.3. The Balaban J connectivity index is 1.57.